The molecular weight excluding hydrogens is 1140 g/mol. The molecule has 6 aromatic carbocycles. The van der Waals surface area contributed by atoms with Gasteiger partial charge in [0.15, 0.2) is 6.79 Å². The van der Waals surface area contributed by atoms with Crippen LogP contribution in [0.3, 0.4) is 0 Å². The Hall–Kier alpha value is -8.03. The fourth-order valence-corrected chi connectivity index (χ4v) is 5.27. The number of methoxy groups -OCH3 is 8. The zero-order valence-corrected chi connectivity index (χ0v) is 57.6. The first-order valence-corrected chi connectivity index (χ1v) is 30.0. The van der Waals surface area contributed by atoms with Crippen LogP contribution in [0, 0.1) is 11.8 Å². The van der Waals surface area contributed by atoms with Crippen molar-refractivity contribution in [2.75, 3.05) is 103 Å². The maximum atomic E-state index is 10.7. The number of esters is 2. The molecule has 0 unspecified atom stereocenters. The van der Waals surface area contributed by atoms with Gasteiger partial charge in [0, 0.05) is 66.1 Å². The molecule has 0 bridgehead atoms. The number of para-hydroxylation sites is 3. The molecule has 0 radical (unpaired) electrons. The number of thioether (sulfide) groups is 1. The summed E-state index contributed by atoms with van der Waals surface area (Å²) in [6, 6.07) is 58.1. The van der Waals surface area contributed by atoms with Crippen molar-refractivity contribution in [3.8, 4) is 29.1 Å². The van der Waals surface area contributed by atoms with E-state index in [9.17, 15) is 9.59 Å². The van der Waals surface area contributed by atoms with Gasteiger partial charge in [-0.1, -0.05) is 202 Å². The van der Waals surface area contributed by atoms with Crippen LogP contribution in [0.2, 0.25) is 0 Å². The summed E-state index contributed by atoms with van der Waals surface area (Å²) in [4.78, 5) is 22.4. The minimum absolute atomic E-state index is 0.286. The number of hydrogen-bond donors (Lipinski definition) is 0. The van der Waals surface area contributed by atoms with Crippen molar-refractivity contribution in [3.63, 3.8) is 0 Å². The van der Waals surface area contributed by atoms with E-state index in [1.54, 1.807) is 79.7 Å². The monoisotopic (exact) mass is 1240 g/mol. The lowest BCUT2D eigenvalue weighted by molar-refractivity contribution is -0.135. The van der Waals surface area contributed by atoms with Gasteiger partial charge in [0.2, 0.25) is 0 Å². The second kappa shape index (κ2) is 84.2. The van der Waals surface area contributed by atoms with Gasteiger partial charge in [-0.25, -0.2) is 4.79 Å². The predicted octanol–water partition coefficient (Wildman–Crippen LogP) is 18.4. The molecule has 12 nitrogen and oxygen atoms in total. The van der Waals surface area contributed by atoms with Crippen molar-refractivity contribution in [3.05, 3.63) is 260 Å². The third-order valence-corrected chi connectivity index (χ3v) is 9.74. The summed E-state index contributed by atoms with van der Waals surface area (Å²) in [5.41, 5.74) is 2.07. The van der Waals surface area contributed by atoms with Crippen molar-refractivity contribution in [1.29, 1.82) is 0 Å². The lowest BCUT2D eigenvalue weighted by Crippen LogP contribution is -2.00. The summed E-state index contributed by atoms with van der Waals surface area (Å²) in [7, 11) is 13.0. The highest BCUT2D eigenvalue weighted by atomic mass is 32.2. The number of ether oxygens (including phenoxy) is 10. The van der Waals surface area contributed by atoms with Crippen LogP contribution in [-0.2, 0) is 42.7 Å². The molecule has 13 heteroatoms. The lowest BCUT2D eigenvalue weighted by atomic mass is 10.2. The second-order valence-electron chi connectivity index (χ2n) is 15.9. The first kappa shape index (κ1) is 92.1. The van der Waals surface area contributed by atoms with Crippen LogP contribution < -0.4 is 14.2 Å². The van der Waals surface area contributed by atoms with Crippen molar-refractivity contribution >= 4 is 29.8 Å². The van der Waals surface area contributed by atoms with E-state index in [0.29, 0.717) is 12.5 Å². The highest BCUT2D eigenvalue weighted by Gasteiger charge is 1.93. The van der Waals surface area contributed by atoms with Gasteiger partial charge in [-0.3, -0.25) is 4.79 Å². The number of allylic oxidation sites excluding steroid dienone is 5. The van der Waals surface area contributed by atoms with Crippen LogP contribution in [0.5, 0.6) is 17.2 Å². The van der Waals surface area contributed by atoms with Crippen molar-refractivity contribution in [2.24, 2.45) is 0 Å². The maximum Gasteiger partial charge on any atom is 0.330 e. The highest BCUT2D eigenvalue weighted by Crippen LogP contribution is 2.12. The summed E-state index contributed by atoms with van der Waals surface area (Å²) in [6.45, 7) is 21.1. The van der Waals surface area contributed by atoms with Gasteiger partial charge in [-0.2, -0.15) is 0 Å². The van der Waals surface area contributed by atoms with Gasteiger partial charge in [0.05, 0.1) is 47.3 Å². The average Bonchev–Trinajstić information content (AvgIpc) is 3.70. The Morgan fingerprint density at radius 1 is 0.438 bits per heavy atom. The summed E-state index contributed by atoms with van der Waals surface area (Å²) in [6.07, 6.45) is 24.8. The van der Waals surface area contributed by atoms with Crippen molar-refractivity contribution < 1.29 is 57.0 Å². The number of carbonyl (C=O) groups is 2. The Morgan fingerprint density at radius 2 is 0.764 bits per heavy atom. The molecule has 0 amide bonds. The van der Waals surface area contributed by atoms with Crippen molar-refractivity contribution in [2.45, 2.75) is 67.2 Å². The minimum atomic E-state index is -0.334. The van der Waals surface area contributed by atoms with Crippen LogP contribution in [0.1, 0.15) is 73.4 Å². The predicted molar refractivity (Wildman–Crippen MR) is 379 cm³/mol. The lowest BCUT2D eigenvalue weighted by Gasteiger charge is -2.01. The quantitative estimate of drug-likeness (QED) is 0.0154. The van der Waals surface area contributed by atoms with Crippen molar-refractivity contribution in [1.82, 2.24) is 0 Å². The molecule has 0 aliphatic rings. The summed E-state index contributed by atoms with van der Waals surface area (Å²) >= 11 is 1.77. The Balaban J connectivity index is -0.000000214. The molecule has 490 valence electrons. The largest absolute Gasteiger partial charge is 0.497 e. The highest BCUT2D eigenvalue weighted by molar-refractivity contribution is 7.98. The molecule has 0 saturated heterocycles. The zero-order chi connectivity index (χ0) is 67.8. The Labute approximate surface area is 543 Å². The van der Waals surface area contributed by atoms with E-state index >= 15 is 0 Å². The van der Waals surface area contributed by atoms with E-state index in [2.05, 4.69) is 35.0 Å². The van der Waals surface area contributed by atoms with E-state index in [-0.39, 0.29) is 11.9 Å². The van der Waals surface area contributed by atoms with Crippen LogP contribution in [0.15, 0.2) is 254 Å². The van der Waals surface area contributed by atoms with E-state index in [4.69, 9.17) is 42.6 Å². The standard InChI is InChI=1S/C10H10O2.C9H8.C8H10O2.C8H8O2.C7H8O.C7H8S.5C5H10O.C2H6/c1-12-10(11)8-7-9-5-3-2-4-6-9;1-2-6-9-7-4-3-5-8-9;1-9-7-10-8-5-3-2-4-6-8;1-7(9)10-8-5-3-2-4-6-8;2*1-8-7-5-3-2-4-6-7;5*1-3-4-5-6-2;1-2/h2-8H,1H3;3-5,7-8H,1H3;2-6H,7H2,1H3;2-6H,1H3;2*2-6H,1H3;5*3-4H,5H2,1-2H3;1-2H3/b8-7-;;;;;;;;;;;. The zero-order valence-electron chi connectivity index (χ0n) is 56.8. The molecule has 0 aliphatic carbocycles. The molecule has 0 saturated carbocycles. The third-order valence-electron chi connectivity index (χ3n) is 9.00. The number of carbonyl (C=O) groups excluding carboxylic acids is 2. The van der Waals surface area contributed by atoms with E-state index in [1.165, 1.54) is 25.0 Å². The molecule has 0 heterocycles. The normalized spacial score (nSPS) is 9.33. The summed E-state index contributed by atoms with van der Waals surface area (Å²) in [5.74, 6) is 7.51. The van der Waals surface area contributed by atoms with Gasteiger partial charge in [0.1, 0.15) is 17.2 Å². The summed E-state index contributed by atoms with van der Waals surface area (Å²) < 4.78 is 47.5. The number of hydrogen-bond acceptors (Lipinski definition) is 13. The molecular formula is C76H108O12S. The molecule has 0 aromatic heterocycles. The number of rotatable bonds is 18. The van der Waals surface area contributed by atoms with E-state index in [0.717, 1.165) is 55.7 Å². The summed E-state index contributed by atoms with van der Waals surface area (Å²) in [5, 5.41) is 0. The molecule has 0 N–H and O–H groups in total. The number of benzene rings is 6. The second-order valence-corrected chi connectivity index (χ2v) is 16.8. The smallest absolute Gasteiger partial charge is 0.330 e. The molecule has 6 rings (SSSR count). The Morgan fingerprint density at radius 3 is 1.02 bits per heavy atom. The van der Waals surface area contributed by atoms with Crippen LogP contribution in [-0.4, -0.2) is 115 Å². The van der Waals surface area contributed by atoms with Gasteiger partial charge in [-0.05, 0) is 120 Å². The topological polar surface area (TPSA) is 126 Å². The first-order chi connectivity index (χ1) is 43.4. The molecule has 6 aromatic rings. The van der Waals surface area contributed by atoms with E-state index < -0.39 is 0 Å². The molecule has 0 spiro atoms. The third kappa shape index (κ3) is 82.1. The molecule has 0 atom stereocenters. The van der Waals surface area contributed by atoms with Crippen LogP contribution in [0.25, 0.3) is 6.08 Å². The molecule has 0 aliphatic heterocycles. The SMILES string of the molecule is CC.CC#Cc1ccccc1.CC(=O)Oc1ccccc1.CC=CCOC.CC=CCOC.CC=CCOC.CC=CCOC.CC=CCOC.COC(=O)/C=C\c1ccccc1.COCOc1ccccc1.COc1ccccc1.CSc1ccccc1. The van der Waals surface area contributed by atoms with Gasteiger partial charge in [-0.15, -0.1) is 17.7 Å². The van der Waals surface area contributed by atoms with Gasteiger partial charge < -0.3 is 47.4 Å². The Kier molecular flexibility index (Phi) is 87.1. The minimum Gasteiger partial charge on any atom is -0.497 e. The maximum absolute atomic E-state index is 10.7. The fourth-order valence-electron chi connectivity index (χ4n) is 4.84. The van der Waals surface area contributed by atoms with Crippen LogP contribution >= 0.6 is 11.8 Å². The molecule has 0 fully saturated rings. The average molecular weight is 1250 g/mol. The Bertz CT molecular complexity index is 2430. The molecule has 89 heavy (non-hydrogen) atoms. The van der Waals surface area contributed by atoms with Gasteiger partial charge in [0.25, 0.3) is 0 Å². The van der Waals surface area contributed by atoms with Gasteiger partial charge >= 0.3 is 11.9 Å². The fraction of sp³-hybridized carbons (Fsp3) is 0.316. The first-order valence-electron chi connectivity index (χ1n) is 28.8. The van der Waals surface area contributed by atoms with E-state index in [1.807, 2.05) is 274 Å². The van der Waals surface area contributed by atoms with Crippen LogP contribution in [0.4, 0.5) is 0 Å².